The van der Waals surface area contributed by atoms with E-state index in [1.54, 1.807) is 4.90 Å². The predicted octanol–water partition coefficient (Wildman–Crippen LogP) is 1.42. The van der Waals surface area contributed by atoms with Gasteiger partial charge in [-0.1, -0.05) is 18.2 Å². The van der Waals surface area contributed by atoms with Gasteiger partial charge in [0.2, 0.25) is 17.6 Å². The maximum absolute atomic E-state index is 13.9. The number of benzene rings is 1. The number of aromatic nitrogens is 1. The first-order valence-corrected chi connectivity index (χ1v) is 14.0. The first-order valence-electron chi connectivity index (χ1n) is 14.0. The lowest BCUT2D eigenvalue weighted by atomic mass is 9.86. The molecule has 4 amide bonds. The molecule has 0 radical (unpaired) electrons. The van der Waals surface area contributed by atoms with Crippen LogP contribution < -0.4 is 16.0 Å². The molecule has 1 spiro atoms. The number of carbonyl (C=O) groups excluding carboxylic acids is 5. The smallest absolute Gasteiger partial charge is 0.289 e. The number of carbonyl (C=O) groups is 5. The molecule has 10 heteroatoms. The monoisotopic (exact) mass is 533 g/mol. The van der Waals surface area contributed by atoms with E-state index in [0.29, 0.717) is 31.6 Å². The summed E-state index contributed by atoms with van der Waals surface area (Å²) in [6, 6.07) is 7.71. The number of aryl methyl sites for hydroxylation is 1. The van der Waals surface area contributed by atoms with Crippen molar-refractivity contribution in [3.8, 4) is 0 Å². The average Bonchev–Trinajstić information content (AvgIpc) is 3.84. The van der Waals surface area contributed by atoms with E-state index < -0.39 is 35.6 Å². The first-order chi connectivity index (χ1) is 18.7. The number of ketones is 1. The van der Waals surface area contributed by atoms with Crippen molar-refractivity contribution < 1.29 is 24.0 Å². The number of fused-ring (bicyclic) bond motifs is 1. The molecule has 206 valence electrons. The summed E-state index contributed by atoms with van der Waals surface area (Å²) in [6.45, 7) is 0.954. The number of likely N-dealkylation sites (tertiary alicyclic amines) is 1. The summed E-state index contributed by atoms with van der Waals surface area (Å²) in [5, 5.41) is 9.23. The predicted molar refractivity (Wildman–Crippen MR) is 142 cm³/mol. The lowest BCUT2D eigenvalue weighted by molar-refractivity contribution is -0.141. The molecule has 0 bridgehead atoms. The van der Waals surface area contributed by atoms with Gasteiger partial charge in [0.05, 0.1) is 6.04 Å². The van der Waals surface area contributed by atoms with Gasteiger partial charge in [-0.15, -0.1) is 0 Å². The second-order valence-electron chi connectivity index (χ2n) is 11.8. The molecule has 2 saturated heterocycles. The van der Waals surface area contributed by atoms with Gasteiger partial charge in [-0.05, 0) is 68.9 Å². The molecule has 3 heterocycles. The zero-order valence-corrected chi connectivity index (χ0v) is 22.2. The topological polar surface area (TPSA) is 130 Å². The third-order valence-corrected chi connectivity index (χ3v) is 9.03. The summed E-state index contributed by atoms with van der Waals surface area (Å²) in [7, 11) is 1.84. The van der Waals surface area contributed by atoms with Gasteiger partial charge in [0.25, 0.3) is 11.8 Å². The van der Waals surface area contributed by atoms with Crippen LogP contribution in [0.1, 0.15) is 61.9 Å². The van der Waals surface area contributed by atoms with Crippen molar-refractivity contribution in [2.24, 2.45) is 18.4 Å². The van der Waals surface area contributed by atoms with Crippen molar-refractivity contribution in [3.05, 3.63) is 36.0 Å². The molecule has 1 aromatic carbocycles. The highest BCUT2D eigenvalue weighted by molar-refractivity contribution is 6.38. The number of hydrogen-bond donors (Lipinski definition) is 3. The molecule has 3 atom stereocenters. The largest absolute Gasteiger partial charge is 0.356 e. The molecule has 3 N–H and O–H groups in total. The summed E-state index contributed by atoms with van der Waals surface area (Å²) in [5.41, 5.74) is 1.48. The number of para-hydroxylation sites is 1. The minimum Gasteiger partial charge on any atom is -0.356 e. The Labute approximate surface area is 226 Å². The van der Waals surface area contributed by atoms with Crippen LogP contribution in [0, 0.1) is 11.3 Å². The number of piperidine rings is 1. The van der Waals surface area contributed by atoms with Crippen LogP contribution in [0.2, 0.25) is 0 Å². The van der Waals surface area contributed by atoms with Gasteiger partial charge in [-0.2, -0.15) is 0 Å². The fraction of sp³-hybridized carbons (Fsp3) is 0.552. The zero-order valence-electron chi connectivity index (χ0n) is 22.2. The zero-order chi connectivity index (χ0) is 27.3. The molecule has 1 unspecified atom stereocenters. The molecule has 39 heavy (non-hydrogen) atoms. The Morgan fingerprint density at radius 2 is 1.87 bits per heavy atom. The second kappa shape index (κ2) is 9.81. The Morgan fingerprint density at radius 1 is 1.10 bits per heavy atom. The van der Waals surface area contributed by atoms with Crippen LogP contribution in [0.4, 0.5) is 0 Å². The summed E-state index contributed by atoms with van der Waals surface area (Å²) >= 11 is 0. The van der Waals surface area contributed by atoms with E-state index in [0.717, 1.165) is 43.0 Å². The van der Waals surface area contributed by atoms with Crippen LogP contribution in [0.15, 0.2) is 30.3 Å². The van der Waals surface area contributed by atoms with Crippen molar-refractivity contribution in [1.29, 1.82) is 0 Å². The van der Waals surface area contributed by atoms with E-state index in [2.05, 4.69) is 16.0 Å². The van der Waals surface area contributed by atoms with Gasteiger partial charge in [-0.25, -0.2) is 0 Å². The molecule has 2 aliphatic heterocycles. The summed E-state index contributed by atoms with van der Waals surface area (Å²) in [6.07, 6.45) is 5.65. The third kappa shape index (κ3) is 5.04. The number of amides is 4. The van der Waals surface area contributed by atoms with Crippen molar-refractivity contribution in [2.45, 2.75) is 69.5 Å². The van der Waals surface area contributed by atoms with E-state index in [1.165, 1.54) is 0 Å². The molecule has 10 nitrogen and oxygen atoms in total. The summed E-state index contributed by atoms with van der Waals surface area (Å²) < 4.78 is 1.85. The lowest BCUT2D eigenvalue weighted by Crippen LogP contribution is -2.58. The van der Waals surface area contributed by atoms with Gasteiger partial charge in [0, 0.05) is 43.0 Å². The Morgan fingerprint density at radius 3 is 2.54 bits per heavy atom. The number of hydrogen-bond acceptors (Lipinski definition) is 5. The third-order valence-electron chi connectivity index (χ3n) is 9.03. The molecule has 2 aliphatic carbocycles. The Hall–Kier alpha value is -3.69. The average molecular weight is 534 g/mol. The van der Waals surface area contributed by atoms with Crippen LogP contribution in [0.5, 0.6) is 0 Å². The first kappa shape index (κ1) is 25.6. The van der Waals surface area contributed by atoms with E-state index in [9.17, 15) is 24.0 Å². The number of rotatable bonds is 8. The van der Waals surface area contributed by atoms with Gasteiger partial charge in [0.1, 0.15) is 11.7 Å². The quantitative estimate of drug-likeness (QED) is 0.442. The van der Waals surface area contributed by atoms with Crippen LogP contribution in [-0.2, 0) is 26.2 Å². The highest BCUT2D eigenvalue weighted by Gasteiger charge is 2.51. The van der Waals surface area contributed by atoms with E-state index in [1.807, 2.05) is 41.9 Å². The van der Waals surface area contributed by atoms with Gasteiger partial charge >= 0.3 is 0 Å². The molecule has 2 saturated carbocycles. The van der Waals surface area contributed by atoms with E-state index >= 15 is 0 Å². The van der Waals surface area contributed by atoms with Crippen LogP contribution in [0.3, 0.4) is 0 Å². The van der Waals surface area contributed by atoms with Crippen molar-refractivity contribution in [3.63, 3.8) is 0 Å². The van der Waals surface area contributed by atoms with Crippen molar-refractivity contribution >= 4 is 40.3 Å². The Bertz CT molecular complexity index is 1360. The molecular weight excluding hydrogens is 498 g/mol. The van der Waals surface area contributed by atoms with Crippen molar-refractivity contribution in [2.75, 3.05) is 13.1 Å². The van der Waals surface area contributed by atoms with E-state index in [4.69, 9.17) is 0 Å². The van der Waals surface area contributed by atoms with Crippen LogP contribution in [0.25, 0.3) is 10.9 Å². The minimum atomic E-state index is -1.13. The molecule has 2 aromatic rings. The van der Waals surface area contributed by atoms with Crippen LogP contribution >= 0.6 is 0 Å². The summed E-state index contributed by atoms with van der Waals surface area (Å²) in [4.78, 5) is 67.5. The number of nitrogens with zero attached hydrogens (tertiary/aromatic N) is 2. The highest BCUT2D eigenvalue weighted by Crippen LogP contribution is 2.55. The Kier molecular flexibility index (Phi) is 6.43. The molecule has 1 aromatic heterocycles. The number of nitrogens with one attached hydrogen (secondary N) is 3. The standard InChI is InChI=1S/C29H35N5O5/c1-33-21-5-3-2-4-17(21)15-22(33)28(39)34-13-11-29(9-10-29)16-23(34)26(37)32-20(14-18-8-12-30-25(18)36)24(35)27(38)31-19-6-7-19/h2-5,15,18-20,23H,6-14,16H2,1H3,(H,30,36)(H,31,38)(H,32,37)/t18-,20?,23-/m0/s1. The Balaban J connectivity index is 1.24. The van der Waals surface area contributed by atoms with Crippen molar-refractivity contribution in [1.82, 2.24) is 25.4 Å². The van der Waals surface area contributed by atoms with Crippen LogP contribution in [-0.4, -0.2) is 70.1 Å². The molecule has 6 rings (SSSR count). The normalized spacial score (nSPS) is 24.3. The molecule has 4 aliphatic rings. The van der Waals surface area contributed by atoms with E-state index in [-0.39, 0.29) is 29.7 Å². The van der Waals surface area contributed by atoms with Gasteiger partial charge in [0.15, 0.2) is 0 Å². The number of Topliss-reactive ketones (excluding diaryl/α,β-unsaturated/α-hetero) is 1. The summed E-state index contributed by atoms with van der Waals surface area (Å²) in [5.74, 6) is -2.77. The lowest BCUT2D eigenvalue weighted by Gasteiger charge is -2.39. The van der Waals surface area contributed by atoms with Gasteiger partial charge in [-0.3, -0.25) is 24.0 Å². The maximum atomic E-state index is 13.9. The fourth-order valence-corrected chi connectivity index (χ4v) is 6.18. The highest BCUT2D eigenvalue weighted by atomic mass is 16.2. The fourth-order valence-electron chi connectivity index (χ4n) is 6.18. The SMILES string of the molecule is Cn1c(C(=O)N2CCC3(CC3)C[C@H]2C(=O)NC(C[C@@H]2CCNC2=O)C(=O)C(=O)NC2CC2)cc2ccccc21. The van der Waals surface area contributed by atoms with Gasteiger partial charge < -0.3 is 25.4 Å². The molecule has 4 fully saturated rings. The molecular formula is C29H35N5O5. The maximum Gasteiger partial charge on any atom is 0.289 e. The second-order valence-corrected chi connectivity index (χ2v) is 11.8. The minimum absolute atomic E-state index is 0.00504.